The number of hydrogen-bond acceptors (Lipinski definition) is 5. The molecule has 0 aliphatic carbocycles. The highest BCUT2D eigenvalue weighted by Gasteiger charge is 2.26. The summed E-state index contributed by atoms with van der Waals surface area (Å²) in [6.07, 6.45) is 5.54. The lowest BCUT2D eigenvalue weighted by Gasteiger charge is -2.36. The molecule has 0 bridgehead atoms. The number of aromatic carboxylic acids is 1. The van der Waals surface area contributed by atoms with Crippen LogP contribution >= 0.6 is 0 Å². The van der Waals surface area contributed by atoms with Gasteiger partial charge in [-0.05, 0) is 87.0 Å². The maximum absolute atomic E-state index is 12.8. The summed E-state index contributed by atoms with van der Waals surface area (Å²) in [5.41, 5.74) is 2.08. The highest BCUT2D eigenvalue weighted by atomic mass is 32.2. The third kappa shape index (κ3) is 5.68. The number of nitrogens with zero attached hydrogens (tertiary/aromatic N) is 2. The molecule has 2 aromatic carbocycles. The van der Waals surface area contributed by atoms with Crippen molar-refractivity contribution in [2.45, 2.75) is 43.9 Å². The summed E-state index contributed by atoms with van der Waals surface area (Å²) in [6, 6.07) is 11.5. The van der Waals surface area contributed by atoms with Gasteiger partial charge in [-0.1, -0.05) is 19.1 Å². The average Bonchev–Trinajstić information content (AvgIpc) is 3.32. The molecule has 8 heteroatoms. The van der Waals surface area contributed by atoms with Crippen molar-refractivity contribution < 1.29 is 18.3 Å². The van der Waals surface area contributed by atoms with Crippen molar-refractivity contribution in [2.75, 3.05) is 42.3 Å². The largest absolute Gasteiger partial charge is 0.478 e. The van der Waals surface area contributed by atoms with Crippen molar-refractivity contribution in [1.82, 2.24) is 4.90 Å². The van der Waals surface area contributed by atoms with Crippen LogP contribution < -0.4 is 9.62 Å². The van der Waals surface area contributed by atoms with Crippen LogP contribution in [-0.4, -0.2) is 57.1 Å². The number of likely N-dealkylation sites (tertiary alicyclic amines) is 1. The van der Waals surface area contributed by atoms with Crippen molar-refractivity contribution in [3.63, 3.8) is 0 Å². The molecular weight excluding hydrogens is 438 g/mol. The van der Waals surface area contributed by atoms with E-state index in [4.69, 9.17) is 0 Å². The summed E-state index contributed by atoms with van der Waals surface area (Å²) >= 11 is 0. The Morgan fingerprint density at radius 2 is 1.79 bits per heavy atom. The molecule has 4 rings (SSSR count). The van der Waals surface area contributed by atoms with E-state index in [0.717, 1.165) is 57.5 Å². The van der Waals surface area contributed by atoms with Gasteiger partial charge >= 0.3 is 5.97 Å². The van der Waals surface area contributed by atoms with E-state index in [9.17, 15) is 18.3 Å². The quantitative estimate of drug-likeness (QED) is 0.604. The molecule has 2 aliphatic rings. The van der Waals surface area contributed by atoms with E-state index in [1.165, 1.54) is 18.9 Å². The minimum Gasteiger partial charge on any atom is -0.478 e. The number of nitrogens with one attached hydrogen (secondary N) is 1. The second-order valence-corrected chi connectivity index (χ2v) is 10.8. The molecule has 2 N–H and O–H groups in total. The van der Waals surface area contributed by atoms with E-state index >= 15 is 0 Å². The molecule has 1 atom stereocenters. The Bertz CT molecular complexity index is 1080. The van der Waals surface area contributed by atoms with Crippen LogP contribution in [-0.2, 0) is 16.4 Å². The fourth-order valence-electron chi connectivity index (χ4n) is 4.93. The first kappa shape index (κ1) is 23.6. The van der Waals surface area contributed by atoms with Gasteiger partial charge in [0.1, 0.15) is 0 Å². The van der Waals surface area contributed by atoms with Crippen molar-refractivity contribution in [2.24, 2.45) is 5.92 Å². The maximum atomic E-state index is 12.8. The van der Waals surface area contributed by atoms with Gasteiger partial charge in [0.2, 0.25) is 0 Å². The zero-order valence-corrected chi connectivity index (χ0v) is 20.0. The number of hydrogen-bond donors (Lipinski definition) is 2. The molecule has 2 saturated heterocycles. The van der Waals surface area contributed by atoms with Gasteiger partial charge < -0.3 is 14.9 Å². The number of piperidine rings is 1. The zero-order valence-electron chi connectivity index (χ0n) is 19.2. The fourth-order valence-corrected chi connectivity index (χ4v) is 5.98. The van der Waals surface area contributed by atoms with E-state index in [1.807, 2.05) is 6.92 Å². The topological polar surface area (TPSA) is 90.0 Å². The monoisotopic (exact) mass is 471 g/mol. The molecule has 0 amide bonds. The van der Waals surface area contributed by atoms with Crippen LogP contribution in [0.5, 0.6) is 0 Å². The molecule has 178 valence electrons. The number of carbonyl (C=O) groups is 1. The van der Waals surface area contributed by atoms with E-state index in [0.29, 0.717) is 11.6 Å². The Hall–Kier alpha value is -2.58. The third-order valence-electron chi connectivity index (χ3n) is 6.70. The first-order chi connectivity index (χ1) is 15.9. The Morgan fingerprint density at radius 3 is 2.45 bits per heavy atom. The standard InChI is InChI=1S/C25H33N3O4S/c1-2-19-7-10-22(11-8-19)33(31,32)26-21-9-12-24(23(16-21)25(29)30)28-15-5-6-20(18-28)17-27-13-3-4-14-27/h7-12,16,20,26H,2-6,13-15,17-18H2,1H3,(H,29,30)/t20-/m1/s1. The summed E-state index contributed by atoms with van der Waals surface area (Å²) in [4.78, 5) is 16.9. The second kappa shape index (κ2) is 10.1. The van der Waals surface area contributed by atoms with Gasteiger partial charge in [-0.25, -0.2) is 13.2 Å². The first-order valence-electron chi connectivity index (χ1n) is 11.8. The highest BCUT2D eigenvalue weighted by Crippen LogP contribution is 2.30. The van der Waals surface area contributed by atoms with Crippen LogP contribution in [0.25, 0.3) is 0 Å². The van der Waals surface area contributed by atoms with Crippen LogP contribution in [0.15, 0.2) is 47.4 Å². The van der Waals surface area contributed by atoms with Crippen LogP contribution in [0.2, 0.25) is 0 Å². The molecule has 7 nitrogen and oxygen atoms in total. The normalized spacial score (nSPS) is 19.5. The average molecular weight is 472 g/mol. The van der Waals surface area contributed by atoms with E-state index in [2.05, 4.69) is 14.5 Å². The Labute approximate surface area is 196 Å². The molecule has 33 heavy (non-hydrogen) atoms. The molecular formula is C25H33N3O4S. The SMILES string of the molecule is CCc1ccc(S(=O)(=O)Nc2ccc(N3CCC[C@H](CN4CCCC4)C3)c(C(=O)O)c2)cc1. The highest BCUT2D eigenvalue weighted by molar-refractivity contribution is 7.92. The number of rotatable bonds is 8. The minimum absolute atomic E-state index is 0.123. The number of benzene rings is 2. The van der Waals surface area contributed by atoms with Crippen LogP contribution in [0.3, 0.4) is 0 Å². The number of sulfonamides is 1. The number of carboxylic acid groups (broad SMARTS) is 1. The van der Waals surface area contributed by atoms with Gasteiger partial charge in [-0.2, -0.15) is 0 Å². The summed E-state index contributed by atoms with van der Waals surface area (Å²) in [7, 11) is -3.80. The summed E-state index contributed by atoms with van der Waals surface area (Å²) < 4.78 is 28.1. The lowest BCUT2D eigenvalue weighted by molar-refractivity contribution is 0.0697. The van der Waals surface area contributed by atoms with Crippen molar-refractivity contribution in [3.05, 3.63) is 53.6 Å². The molecule has 0 saturated carbocycles. The van der Waals surface area contributed by atoms with E-state index in [1.54, 1.807) is 36.4 Å². The predicted octanol–water partition coefficient (Wildman–Crippen LogP) is 4.06. The fraction of sp³-hybridized carbons (Fsp3) is 0.480. The number of carboxylic acids is 1. The van der Waals surface area contributed by atoms with Crippen molar-refractivity contribution >= 4 is 27.4 Å². The minimum atomic E-state index is -3.80. The van der Waals surface area contributed by atoms with E-state index < -0.39 is 16.0 Å². The zero-order chi connectivity index (χ0) is 23.4. The van der Waals surface area contributed by atoms with Gasteiger partial charge in [0.25, 0.3) is 10.0 Å². The Balaban J connectivity index is 1.51. The summed E-state index contributed by atoms with van der Waals surface area (Å²) in [6.45, 7) is 7.03. The Kier molecular flexibility index (Phi) is 7.24. The van der Waals surface area contributed by atoms with E-state index in [-0.39, 0.29) is 16.1 Å². The maximum Gasteiger partial charge on any atom is 0.337 e. The number of anilines is 2. The Morgan fingerprint density at radius 1 is 1.06 bits per heavy atom. The molecule has 0 radical (unpaired) electrons. The smallest absolute Gasteiger partial charge is 0.337 e. The summed E-state index contributed by atoms with van der Waals surface area (Å²) in [5, 5.41) is 9.88. The van der Waals surface area contributed by atoms with Gasteiger partial charge in [0, 0.05) is 25.3 Å². The van der Waals surface area contributed by atoms with Crippen LogP contribution in [0, 0.1) is 5.92 Å². The first-order valence-corrected chi connectivity index (χ1v) is 13.3. The molecule has 2 heterocycles. The molecule has 2 aromatic rings. The van der Waals surface area contributed by atoms with Gasteiger partial charge in [-0.15, -0.1) is 0 Å². The third-order valence-corrected chi connectivity index (χ3v) is 8.09. The molecule has 2 aliphatic heterocycles. The lowest BCUT2D eigenvalue weighted by Crippen LogP contribution is -2.41. The summed E-state index contributed by atoms with van der Waals surface area (Å²) in [5.74, 6) is -0.539. The van der Waals surface area contributed by atoms with Gasteiger partial charge in [0.05, 0.1) is 16.1 Å². The molecule has 0 aromatic heterocycles. The predicted molar refractivity (Wildman–Crippen MR) is 131 cm³/mol. The van der Waals surface area contributed by atoms with Crippen molar-refractivity contribution in [1.29, 1.82) is 0 Å². The second-order valence-electron chi connectivity index (χ2n) is 9.10. The molecule has 0 spiro atoms. The number of aryl methyl sites for hydroxylation is 1. The lowest BCUT2D eigenvalue weighted by atomic mass is 9.96. The van der Waals surface area contributed by atoms with Crippen molar-refractivity contribution in [3.8, 4) is 0 Å². The van der Waals surface area contributed by atoms with Gasteiger partial charge in [0.15, 0.2) is 0 Å². The van der Waals surface area contributed by atoms with Crippen LogP contribution in [0.1, 0.15) is 48.5 Å². The van der Waals surface area contributed by atoms with Gasteiger partial charge in [-0.3, -0.25) is 4.72 Å². The molecule has 2 fully saturated rings. The van der Waals surface area contributed by atoms with Crippen LogP contribution in [0.4, 0.5) is 11.4 Å². The molecule has 0 unspecified atom stereocenters.